The Morgan fingerprint density at radius 1 is 1.14 bits per heavy atom. The van der Waals surface area contributed by atoms with Crippen molar-refractivity contribution in [2.45, 2.75) is 6.42 Å². The second-order valence-corrected chi connectivity index (χ2v) is 8.57. The minimum absolute atomic E-state index is 0.00746. The second-order valence-electron chi connectivity index (χ2n) is 6.82. The SMILES string of the molecule is CS(=O)(=O)Nc1ccccc1CC(=O)N1CCN(c2cccc(F)c2C#N)CC1. The summed E-state index contributed by atoms with van der Waals surface area (Å²) in [5, 5.41) is 9.21. The van der Waals surface area contributed by atoms with E-state index in [2.05, 4.69) is 4.72 Å². The summed E-state index contributed by atoms with van der Waals surface area (Å²) >= 11 is 0. The Labute approximate surface area is 169 Å². The van der Waals surface area contributed by atoms with Gasteiger partial charge in [-0.25, -0.2) is 12.8 Å². The van der Waals surface area contributed by atoms with Gasteiger partial charge in [0.2, 0.25) is 15.9 Å². The first-order valence-electron chi connectivity index (χ1n) is 9.05. The van der Waals surface area contributed by atoms with Gasteiger partial charge in [-0.05, 0) is 23.8 Å². The molecule has 29 heavy (non-hydrogen) atoms. The Bertz CT molecular complexity index is 1060. The molecule has 1 N–H and O–H groups in total. The van der Waals surface area contributed by atoms with Gasteiger partial charge in [-0.2, -0.15) is 5.26 Å². The summed E-state index contributed by atoms with van der Waals surface area (Å²) in [6.45, 7) is 1.82. The quantitative estimate of drug-likeness (QED) is 0.804. The fraction of sp³-hybridized carbons (Fsp3) is 0.300. The molecule has 2 aromatic rings. The number of sulfonamides is 1. The molecule has 152 valence electrons. The highest BCUT2D eigenvalue weighted by atomic mass is 32.2. The molecule has 0 unspecified atom stereocenters. The number of carbonyl (C=O) groups is 1. The van der Waals surface area contributed by atoms with Crippen LogP contribution in [0.3, 0.4) is 0 Å². The fourth-order valence-corrected chi connectivity index (χ4v) is 3.93. The predicted octanol–water partition coefficient (Wildman–Crippen LogP) is 1.96. The van der Waals surface area contributed by atoms with Crippen molar-refractivity contribution in [2.24, 2.45) is 0 Å². The van der Waals surface area contributed by atoms with Gasteiger partial charge in [-0.15, -0.1) is 0 Å². The van der Waals surface area contributed by atoms with Gasteiger partial charge in [0, 0.05) is 26.2 Å². The number of amides is 1. The molecule has 1 amide bonds. The molecule has 2 aromatic carbocycles. The van der Waals surface area contributed by atoms with Crippen LogP contribution in [0.25, 0.3) is 0 Å². The largest absolute Gasteiger partial charge is 0.367 e. The van der Waals surface area contributed by atoms with Crippen molar-refractivity contribution < 1.29 is 17.6 Å². The molecule has 1 aliphatic heterocycles. The standard InChI is InChI=1S/C20H21FN4O3S/c1-29(27,28)23-18-7-3-2-5-15(18)13-20(26)25-11-9-24(10-12-25)19-8-4-6-17(21)16(19)14-22/h2-8,23H,9-13H2,1H3. The number of hydrogen-bond donors (Lipinski definition) is 1. The maximum absolute atomic E-state index is 13.8. The zero-order valence-electron chi connectivity index (χ0n) is 15.9. The number of nitriles is 1. The van der Waals surface area contributed by atoms with Gasteiger partial charge >= 0.3 is 0 Å². The second kappa shape index (κ2) is 8.49. The van der Waals surface area contributed by atoms with Gasteiger partial charge in [0.1, 0.15) is 17.4 Å². The normalized spacial score (nSPS) is 14.4. The Morgan fingerprint density at radius 3 is 2.48 bits per heavy atom. The van der Waals surface area contributed by atoms with Crippen molar-refractivity contribution in [1.82, 2.24) is 4.90 Å². The highest BCUT2D eigenvalue weighted by Crippen LogP contribution is 2.24. The molecule has 1 heterocycles. The summed E-state index contributed by atoms with van der Waals surface area (Å²) in [5.41, 5.74) is 1.53. The molecule has 1 aliphatic rings. The lowest BCUT2D eigenvalue weighted by Gasteiger charge is -2.36. The van der Waals surface area contributed by atoms with Gasteiger partial charge in [0.05, 0.1) is 24.1 Å². The van der Waals surface area contributed by atoms with Crippen LogP contribution in [0, 0.1) is 17.1 Å². The third kappa shape index (κ3) is 5.03. The van der Waals surface area contributed by atoms with Crippen LogP contribution in [0.15, 0.2) is 42.5 Å². The van der Waals surface area contributed by atoms with E-state index in [1.54, 1.807) is 41.3 Å². The van der Waals surface area contributed by atoms with E-state index in [0.29, 0.717) is 43.1 Å². The number of piperazine rings is 1. The van der Waals surface area contributed by atoms with Crippen LogP contribution in [0.4, 0.5) is 15.8 Å². The summed E-state index contributed by atoms with van der Waals surface area (Å²) in [6.07, 6.45) is 1.13. The molecule has 0 aromatic heterocycles. The lowest BCUT2D eigenvalue weighted by atomic mass is 10.1. The molecule has 0 bridgehead atoms. The van der Waals surface area contributed by atoms with Crippen molar-refractivity contribution in [3.05, 3.63) is 59.4 Å². The number of benzene rings is 2. The zero-order chi connectivity index (χ0) is 21.0. The van der Waals surface area contributed by atoms with Gasteiger partial charge in [0.15, 0.2) is 0 Å². The molecule has 0 spiro atoms. The number of nitrogens with zero attached hydrogens (tertiary/aromatic N) is 3. The van der Waals surface area contributed by atoms with Crippen molar-refractivity contribution in [1.29, 1.82) is 5.26 Å². The number of halogens is 1. The third-order valence-electron chi connectivity index (χ3n) is 4.73. The minimum Gasteiger partial charge on any atom is -0.367 e. The summed E-state index contributed by atoms with van der Waals surface area (Å²) < 4.78 is 39.3. The topological polar surface area (TPSA) is 93.5 Å². The number of hydrogen-bond acceptors (Lipinski definition) is 5. The van der Waals surface area contributed by atoms with Crippen molar-refractivity contribution >= 4 is 27.3 Å². The van der Waals surface area contributed by atoms with E-state index in [4.69, 9.17) is 0 Å². The van der Waals surface area contributed by atoms with Crippen molar-refractivity contribution in [2.75, 3.05) is 42.1 Å². The van der Waals surface area contributed by atoms with Crippen molar-refractivity contribution in [3.63, 3.8) is 0 Å². The first-order chi connectivity index (χ1) is 13.8. The molecule has 3 rings (SSSR count). The summed E-state index contributed by atoms with van der Waals surface area (Å²) in [6, 6.07) is 13.2. The maximum Gasteiger partial charge on any atom is 0.229 e. The van der Waals surface area contributed by atoms with Gasteiger partial charge in [0.25, 0.3) is 0 Å². The number of rotatable bonds is 5. The molecule has 0 radical (unpaired) electrons. The van der Waals surface area contributed by atoms with E-state index in [1.165, 1.54) is 6.07 Å². The van der Waals surface area contributed by atoms with Crippen LogP contribution in [0.5, 0.6) is 0 Å². The Morgan fingerprint density at radius 2 is 1.83 bits per heavy atom. The van der Waals surface area contributed by atoms with Crippen LogP contribution < -0.4 is 9.62 Å². The average molecular weight is 416 g/mol. The molecule has 0 saturated carbocycles. The van der Waals surface area contributed by atoms with E-state index in [-0.39, 0.29) is 17.9 Å². The van der Waals surface area contributed by atoms with E-state index < -0.39 is 15.8 Å². The third-order valence-corrected chi connectivity index (χ3v) is 5.32. The molecule has 9 heteroatoms. The smallest absolute Gasteiger partial charge is 0.229 e. The summed E-state index contributed by atoms with van der Waals surface area (Å²) in [7, 11) is -3.45. The number of carbonyl (C=O) groups excluding carboxylic acids is 1. The molecule has 0 atom stereocenters. The highest BCUT2D eigenvalue weighted by molar-refractivity contribution is 7.92. The number of para-hydroxylation sites is 1. The maximum atomic E-state index is 13.8. The molecule has 7 nitrogen and oxygen atoms in total. The number of anilines is 2. The van der Waals surface area contributed by atoms with Crippen LogP contribution in [-0.2, 0) is 21.2 Å². The van der Waals surface area contributed by atoms with Gasteiger partial charge < -0.3 is 9.80 Å². The monoisotopic (exact) mass is 416 g/mol. The van der Waals surface area contributed by atoms with Crippen LogP contribution in [-0.4, -0.2) is 51.7 Å². The van der Waals surface area contributed by atoms with Gasteiger partial charge in [-0.3, -0.25) is 9.52 Å². The Balaban J connectivity index is 1.66. The molecule has 0 aliphatic carbocycles. The molecular weight excluding hydrogens is 395 g/mol. The average Bonchev–Trinajstić information content (AvgIpc) is 2.68. The van der Waals surface area contributed by atoms with E-state index in [9.17, 15) is 22.9 Å². The molecule has 1 fully saturated rings. The van der Waals surface area contributed by atoms with Crippen LogP contribution in [0.2, 0.25) is 0 Å². The Kier molecular flexibility index (Phi) is 6.03. The van der Waals surface area contributed by atoms with Crippen LogP contribution in [0.1, 0.15) is 11.1 Å². The predicted molar refractivity (Wildman–Crippen MR) is 109 cm³/mol. The zero-order valence-corrected chi connectivity index (χ0v) is 16.7. The van der Waals surface area contributed by atoms with E-state index >= 15 is 0 Å². The minimum atomic E-state index is -3.45. The highest BCUT2D eigenvalue weighted by Gasteiger charge is 2.24. The number of nitrogens with one attached hydrogen (secondary N) is 1. The van der Waals surface area contributed by atoms with E-state index in [1.807, 2.05) is 11.0 Å². The van der Waals surface area contributed by atoms with Crippen LogP contribution >= 0.6 is 0 Å². The Hall–Kier alpha value is -3.12. The molecule has 1 saturated heterocycles. The summed E-state index contributed by atoms with van der Waals surface area (Å²) in [4.78, 5) is 16.3. The first kappa shape index (κ1) is 20.6. The summed E-state index contributed by atoms with van der Waals surface area (Å²) in [5.74, 6) is -0.675. The van der Waals surface area contributed by atoms with E-state index in [0.717, 1.165) is 6.26 Å². The first-order valence-corrected chi connectivity index (χ1v) is 10.9. The van der Waals surface area contributed by atoms with Gasteiger partial charge in [-0.1, -0.05) is 24.3 Å². The lowest BCUT2D eigenvalue weighted by Crippen LogP contribution is -2.49. The lowest BCUT2D eigenvalue weighted by molar-refractivity contribution is -0.130. The van der Waals surface area contributed by atoms with Crippen molar-refractivity contribution in [3.8, 4) is 6.07 Å². The molecular formula is C20H21FN4O3S. The fourth-order valence-electron chi connectivity index (χ4n) is 3.33.